The number of hydrogen-bond donors (Lipinski definition) is 1. The standard InChI is InChI=1S/C12H13BrClNO3S/c1-7-5-8(11(16)15-12(2)3-4-12)6-9(10(7)13)19(14,17)18/h5-6H,3-4H2,1-2H3,(H,15,16). The third-order valence-corrected chi connectivity index (χ3v) is 5.82. The van der Waals surface area contributed by atoms with Crippen molar-refractivity contribution in [1.82, 2.24) is 5.32 Å². The van der Waals surface area contributed by atoms with Crippen LogP contribution in [-0.2, 0) is 9.05 Å². The Hall–Kier alpha value is -0.590. The molecule has 0 saturated heterocycles. The highest BCUT2D eigenvalue weighted by atomic mass is 79.9. The van der Waals surface area contributed by atoms with E-state index in [4.69, 9.17) is 10.7 Å². The molecule has 1 saturated carbocycles. The normalized spacial score (nSPS) is 17.1. The second-order valence-corrected chi connectivity index (χ2v) is 8.39. The molecule has 19 heavy (non-hydrogen) atoms. The molecule has 0 heterocycles. The van der Waals surface area contributed by atoms with Crippen molar-refractivity contribution in [2.24, 2.45) is 0 Å². The summed E-state index contributed by atoms with van der Waals surface area (Å²) in [6.07, 6.45) is 1.88. The molecular weight excluding hydrogens is 354 g/mol. The molecule has 4 nitrogen and oxygen atoms in total. The zero-order valence-electron chi connectivity index (χ0n) is 10.5. The quantitative estimate of drug-likeness (QED) is 0.837. The maximum absolute atomic E-state index is 12.1. The van der Waals surface area contributed by atoms with E-state index >= 15 is 0 Å². The molecular formula is C12H13BrClNO3S. The number of rotatable bonds is 3. The number of amides is 1. The molecule has 2 rings (SSSR count). The molecule has 1 aromatic carbocycles. The van der Waals surface area contributed by atoms with Crippen molar-refractivity contribution in [1.29, 1.82) is 0 Å². The van der Waals surface area contributed by atoms with Gasteiger partial charge in [-0.2, -0.15) is 0 Å². The second-order valence-electron chi connectivity index (χ2n) is 5.06. The first-order chi connectivity index (χ1) is 8.62. The van der Waals surface area contributed by atoms with E-state index in [1.165, 1.54) is 6.07 Å². The van der Waals surface area contributed by atoms with Gasteiger partial charge in [-0.1, -0.05) is 0 Å². The average Bonchev–Trinajstić information content (AvgIpc) is 2.98. The van der Waals surface area contributed by atoms with Gasteiger partial charge in [0.2, 0.25) is 0 Å². The summed E-state index contributed by atoms with van der Waals surface area (Å²) in [7, 11) is 1.47. The third-order valence-electron chi connectivity index (χ3n) is 3.16. The maximum Gasteiger partial charge on any atom is 0.262 e. The van der Waals surface area contributed by atoms with Crippen LogP contribution in [0.5, 0.6) is 0 Å². The van der Waals surface area contributed by atoms with E-state index in [0.717, 1.165) is 12.8 Å². The van der Waals surface area contributed by atoms with Crippen LogP contribution in [0.3, 0.4) is 0 Å². The molecule has 104 valence electrons. The Bertz CT molecular complexity index is 653. The van der Waals surface area contributed by atoms with Crippen LogP contribution in [0.4, 0.5) is 0 Å². The number of hydrogen-bond acceptors (Lipinski definition) is 3. The van der Waals surface area contributed by atoms with Crippen LogP contribution >= 0.6 is 26.6 Å². The minimum Gasteiger partial charge on any atom is -0.347 e. The molecule has 1 aromatic rings. The summed E-state index contributed by atoms with van der Waals surface area (Å²) in [5, 5.41) is 2.88. The first-order valence-corrected chi connectivity index (χ1v) is 8.80. The monoisotopic (exact) mass is 365 g/mol. The van der Waals surface area contributed by atoms with Gasteiger partial charge in [-0.3, -0.25) is 4.79 Å². The zero-order valence-corrected chi connectivity index (χ0v) is 13.6. The predicted molar refractivity (Wildman–Crippen MR) is 77.0 cm³/mol. The van der Waals surface area contributed by atoms with E-state index < -0.39 is 9.05 Å². The van der Waals surface area contributed by atoms with E-state index in [9.17, 15) is 13.2 Å². The number of nitrogens with one attached hydrogen (secondary N) is 1. The van der Waals surface area contributed by atoms with Crippen LogP contribution in [-0.4, -0.2) is 19.9 Å². The van der Waals surface area contributed by atoms with Gasteiger partial charge in [-0.05, 0) is 60.3 Å². The van der Waals surface area contributed by atoms with Crippen molar-refractivity contribution < 1.29 is 13.2 Å². The fraction of sp³-hybridized carbons (Fsp3) is 0.417. The van der Waals surface area contributed by atoms with Crippen molar-refractivity contribution in [2.45, 2.75) is 37.1 Å². The summed E-state index contributed by atoms with van der Waals surface area (Å²) in [5.74, 6) is -0.280. The highest BCUT2D eigenvalue weighted by Gasteiger charge is 2.39. The fourth-order valence-electron chi connectivity index (χ4n) is 1.70. The molecule has 0 unspecified atom stereocenters. The lowest BCUT2D eigenvalue weighted by Gasteiger charge is -2.13. The van der Waals surface area contributed by atoms with Gasteiger partial charge < -0.3 is 5.32 Å². The first kappa shape index (κ1) is 14.8. The first-order valence-electron chi connectivity index (χ1n) is 5.70. The lowest BCUT2D eigenvalue weighted by atomic mass is 10.1. The lowest BCUT2D eigenvalue weighted by molar-refractivity contribution is 0.0935. The molecule has 0 radical (unpaired) electrons. The van der Waals surface area contributed by atoms with Crippen molar-refractivity contribution in [2.75, 3.05) is 0 Å². The average molecular weight is 367 g/mol. The SMILES string of the molecule is Cc1cc(C(=O)NC2(C)CC2)cc(S(=O)(=O)Cl)c1Br. The lowest BCUT2D eigenvalue weighted by Crippen LogP contribution is -2.34. The van der Waals surface area contributed by atoms with Gasteiger partial charge in [0.25, 0.3) is 15.0 Å². The van der Waals surface area contributed by atoms with E-state index in [1.807, 2.05) is 6.92 Å². The Morgan fingerprint density at radius 1 is 1.42 bits per heavy atom. The molecule has 0 aliphatic heterocycles. The van der Waals surface area contributed by atoms with Crippen molar-refractivity contribution in [3.05, 3.63) is 27.7 Å². The molecule has 0 bridgehead atoms. The van der Waals surface area contributed by atoms with E-state index in [2.05, 4.69) is 21.2 Å². The van der Waals surface area contributed by atoms with E-state index in [-0.39, 0.29) is 16.3 Å². The molecule has 1 fully saturated rings. The second kappa shape index (κ2) is 4.75. The minimum absolute atomic E-state index is 0.0831. The van der Waals surface area contributed by atoms with Crippen LogP contribution in [0.2, 0.25) is 0 Å². The molecule has 1 aliphatic carbocycles. The van der Waals surface area contributed by atoms with Gasteiger partial charge in [0, 0.05) is 26.3 Å². The maximum atomic E-state index is 12.1. The van der Waals surface area contributed by atoms with E-state index in [0.29, 0.717) is 15.6 Å². The van der Waals surface area contributed by atoms with Crippen molar-refractivity contribution in [3.63, 3.8) is 0 Å². The van der Waals surface area contributed by atoms with Gasteiger partial charge in [0.15, 0.2) is 0 Å². The minimum atomic E-state index is -3.89. The molecule has 7 heteroatoms. The van der Waals surface area contributed by atoms with Crippen LogP contribution < -0.4 is 5.32 Å². The molecule has 0 aromatic heterocycles. The number of benzene rings is 1. The Balaban J connectivity index is 2.42. The number of carbonyl (C=O) groups excluding carboxylic acids is 1. The molecule has 0 spiro atoms. The van der Waals surface area contributed by atoms with E-state index in [1.54, 1.807) is 13.0 Å². The van der Waals surface area contributed by atoms with Crippen LogP contribution in [0.25, 0.3) is 0 Å². The van der Waals surface area contributed by atoms with Gasteiger partial charge in [-0.15, -0.1) is 0 Å². The van der Waals surface area contributed by atoms with Gasteiger partial charge in [0.1, 0.15) is 0 Å². The third kappa shape index (κ3) is 3.30. The number of aryl methyl sites for hydroxylation is 1. The summed E-state index contributed by atoms with van der Waals surface area (Å²) in [6.45, 7) is 3.67. The molecule has 1 N–H and O–H groups in total. The Labute approximate surface area is 125 Å². The smallest absolute Gasteiger partial charge is 0.262 e. The predicted octanol–water partition coefficient (Wildman–Crippen LogP) is 2.97. The van der Waals surface area contributed by atoms with Crippen LogP contribution in [0.1, 0.15) is 35.7 Å². The Morgan fingerprint density at radius 3 is 2.47 bits per heavy atom. The topological polar surface area (TPSA) is 63.2 Å². The van der Waals surface area contributed by atoms with Crippen LogP contribution in [0, 0.1) is 6.92 Å². The Morgan fingerprint density at radius 2 is 2.00 bits per heavy atom. The van der Waals surface area contributed by atoms with Gasteiger partial charge >= 0.3 is 0 Å². The Kier molecular flexibility index (Phi) is 3.70. The van der Waals surface area contributed by atoms with Crippen molar-refractivity contribution >= 4 is 41.6 Å². The van der Waals surface area contributed by atoms with Gasteiger partial charge in [-0.25, -0.2) is 8.42 Å². The highest BCUT2D eigenvalue weighted by molar-refractivity contribution is 9.10. The summed E-state index contributed by atoms with van der Waals surface area (Å²) in [4.78, 5) is 12.0. The van der Waals surface area contributed by atoms with Crippen LogP contribution in [0.15, 0.2) is 21.5 Å². The number of halogens is 2. The van der Waals surface area contributed by atoms with Gasteiger partial charge in [0.05, 0.1) is 4.90 Å². The summed E-state index contributed by atoms with van der Waals surface area (Å²) >= 11 is 3.18. The molecule has 1 aliphatic rings. The highest BCUT2D eigenvalue weighted by Crippen LogP contribution is 2.35. The largest absolute Gasteiger partial charge is 0.347 e. The molecule has 0 atom stereocenters. The number of carbonyl (C=O) groups is 1. The summed E-state index contributed by atoms with van der Waals surface area (Å²) in [5.41, 5.74) is 0.791. The molecule has 1 amide bonds. The van der Waals surface area contributed by atoms with Crippen molar-refractivity contribution in [3.8, 4) is 0 Å². The summed E-state index contributed by atoms with van der Waals surface area (Å²) < 4.78 is 23.3. The summed E-state index contributed by atoms with van der Waals surface area (Å²) in [6, 6.07) is 2.93. The fourth-order valence-corrected chi connectivity index (χ4v) is 3.86. The zero-order chi connectivity index (χ0) is 14.4.